The molecule has 0 saturated heterocycles. The van der Waals surface area contributed by atoms with E-state index in [1.807, 2.05) is 30.3 Å². The summed E-state index contributed by atoms with van der Waals surface area (Å²) < 4.78 is 5.11. The zero-order valence-corrected chi connectivity index (χ0v) is 11.9. The van der Waals surface area contributed by atoms with Gasteiger partial charge in [-0.2, -0.15) is 0 Å². The van der Waals surface area contributed by atoms with Gasteiger partial charge in [-0.15, -0.1) is 0 Å². The molecule has 108 valence electrons. The van der Waals surface area contributed by atoms with Gasteiger partial charge < -0.3 is 10.5 Å². The first-order valence-corrected chi connectivity index (χ1v) is 6.91. The van der Waals surface area contributed by atoms with Crippen LogP contribution in [0.15, 0.2) is 30.3 Å². The molecule has 1 heterocycles. The van der Waals surface area contributed by atoms with E-state index in [2.05, 4.69) is 9.97 Å². The average molecular weight is 283 g/mol. The molecule has 5 heteroatoms. The van der Waals surface area contributed by atoms with Crippen molar-refractivity contribution < 1.29 is 9.53 Å². The molecule has 2 aromatic rings. The van der Waals surface area contributed by atoms with Crippen LogP contribution in [0.2, 0.25) is 0 Å². The molecule has 1 unspecified atom stereocenters. The summed E-state index contributed by atoms with van der Waals surface area (Å²) >= 11 is 0. The number of nitrogens with two attached hydrogens (primary N) is 1. The minimum atomic E-state index is 0.0668. The molecule has 1 aromatic heterocycles. The second-order valence-electron chi connectivity index (χ2n) is 5.22. The summed E-state index contributed by atoms with van der Waals surface area (Å²) in [5.41, 5.74) is 8.83. The molecule has 21 heavy (non-hydrogen) atoms. The molecule has 0 fully saturated rings. The topological polar surface area (TPSA) is 78.1 Å². The molecule has 1 aliphatic carbocycles. The SMILES string of the molecule is COCc1nc(N)nc2c1C(=O)CC(c1ccccc1)C2. The van der Waals surface area contributed by atoms with Gasteiger partial charge in [0, 0.05) is 13.5 Å². The third kappa shape index (κ3) is 2.64. The first-order valence-electron chi connectivity index (χ1n) is 6.91. The van der Waals surface area contributed by atoms with Gasteiger partial charge in [0.15, 0.2) is 5.78 Å². The van der Waals surface area contributed by atoms with E-state index in [-0.39, 0.29) is 24.3 Å². The Labute approximate surface area is 123 Å². The molecule has 0 bridgehead atoms. The monoisotopic (exact) mass is 283 g/mol. The van der Waals surface area contributed by atoms with Crippen LogP contribution in [-0.2, 0) is 17.8 Å². The van der Waals surface area contributed by atoms with Crippen LogP contribution >= 0.6 is 0 Å². The predicted molar refractivity (Wildman–Crippen MR) is 79.0 cm³/mol. The smallest absolute Gasteiger partial charge is 0.220 e. The number of aromatic nitrogens is 2. The number of hydrogen-bond acceptors (Lipinski definition) is 5. The van der Waals surface area contributed by atoms with Gasteiger partial charge in [0.2, 0.25) is 5.95 Å². The van der Waals surface area contributed by atoms with Crippen molar-refractivity contribution in [3.63, 3.8) is 0 Å². The molecule has 0 amide bonds. The van der Waals surface area contributed by atoms with Crippen molar-refractivity contribution >= 4 is 11.7 Å². The van der Waals surface area contributed by atoms with Crippen molar-refractivity contribution in [2.45, 2.75) is 25.4 Å². The Morgan fingerprint density at radius 3 is 2.71 bits per heavy atom. The third-order valence-electron chi connectivity index (χ3n) is 3.78. The Balaban J connectivity index is 2.01. The number of hydrogen-bond donors (Lipinski definition) is 1. The van der Waals surface area contributed by atoms with Crippen molar-refractivity contribution in [1.29, 1.82) is 0 Å². The van der Waals surface area contributed by atoms with Crippen LogP contribution in [0, 0.1) is 0 Å². The molecule has 0 saturated carbocycles. The number of benzene rings is 1. The molecule has 1 aliphatic rings. The van der Waals surface area contributed by atoms with Gasteiger partial charge in [0.05, 0.1) is 23.6 Å². The van der Waals surface area contributed by atoms with Gasteiger partial charge >= 0.3 is 0 Å². The fraction of sp³-hybridized carbons (Fsp3) is 0.312. The third-order valence-corrected chi connectivity index (χ3v) is 3.78. The van der Waals surface area contributed by atoms with Gasteiger partial charge in [-0.3, -0.25) is 4.79 Å². The first kappa shape index (κ1) is 13.7. The van der Waals surface area contributed by atoms with Crippen molar-refractivity contribution in [3.8, 4) is 0 Å². The zero-order chi connectivity index (χ0) is 14.8. The van der Waals surface area contributed by atoms with E-state index in [4.69, 9.17) is 10.5 Å². The summed E-state index contributed by atoms with van der Waals surface area (Å²) in [5.74, 6) is 0.412. The van der Waals surface area contributed by atoms with E-state index in [1.54, 1.807) is 7.11 Å². The summed E-state index contributed by atoms with van der Waals surface area (Å²) in [6.45, 7) is 0.275. The fourth-order valence-corrected chi connectivity index (χ4v) is 2.88. The number of carbonyl (C=O) groups excluding carboxylic acids is 1. The zero-order valence-electron chi connectivity index (χ0n) is 11.9. The summed E-state index contributed by atoms with van der Waals surface area (Å²) in [5, 5.41) is 0. The highest BCUT2D eigenvalue weighted by molar-refractivity contribution is 5.99. The molecular formula is C16H17N3O2. The Morgan fingerprint density at radius 1 is 1.24 bits per heavy atom. The van der Waals surface area contributed by atoms with Gasteiger partial charge in [-0.25, -0.2) is 9.97 Å². The van der Waals surface area contributed by atoms with E-state index in [0.29, 0.717) is 24.1 Å². The maximum atomic E-state index is 12.5. The van der Waals surface area contributed by atoms with Crippen molar-refractivity contribution in [1.82, 2.24) is 9.97 Å². The number of methoxy groups -OCH3 is 1. The van der Waals surface area contributed by atoms with Crippen molar-refractivity contribution in [2.75, 3.05) is 12.8 Å². The number of carbonyl (C=O) groups is 1. The molecule has 0 aliphatic heterocycles. The summed E-state index contributed by atoms with van der Waals surface area (Å²) in [7, 11) is 1.57. The second-order valence-corrected chi connectivity index (χ2v) is 5.22. The highest BCUT2D eigenvalue weighted by atomic mass is 16.5. The lowest BCUT2D eigenvalue weighted by Gasteiger charge is -2.24. The highest BCUT2D eigenvalue weighted by Gasteiger charge is 2.30. The number of Topliss-reactive ketones (excluding diaryl/α,β-unsaturated/α-hetero) is 1. The molecule has 1 aromatic carbocycles. The lowest BCUT2D eigenvalue weighted by Crippen LogP contribution is -2.24. The minimum absolute atomic E-state index is 0.0668. The van der Waals surface area contributed by atoms with E-state index < -0.39 is 0 Å². The molecule has 3 rings (SSSR count). The second kappa shape index (κ2) is 5.61. The first-order chi connectivity index (χ1) is 10.2. The lowest BCUT2D eigenvalue weighted by molar-refractivity contribution is 0.0956. The largest absolute Gasteiger partial charge is 0.378 e. The summed E-state index contributed by atoms with van der Waals surface area (Å²) in [6.07, 6.45) is 1.18. The van der Waals surface area contributed by atoms with Gasteiger partial charge in [0.1, 0.15) is 0 Å². The number of anilines is 1. The number of nitrogen functional groups attached to an aromatic ring is 1. The lowest BCUT2D eigenvalue weighted by atomic mass is 9.81. The van der Waals surface area contributed by atoms with Gasteiger partial charge in [0.25, 0.3) is 0 Å². The molecule has 0 spiro atoms. The van der Waals surface area contributed by atoms with Gasteiger partial charge in [-0.1, -0.05) is 30.3 Å². The number of ether oxygens (including phenoxy) is 1. The fourth-order valence-electron chi connectivity index (χ4n) is 2.88. The quantitative estimate of drug-likeness (QED) is 0.933. The van der Waals surface area contributed by atoms with E-state index >= 15 is 0 Å². The van der Waals surface area contributed by atoms with Crippen LogP contribution in [0.25, 0.3) is 0 Å². The van der Waals surface area contributed by atoms with Crippen molar-refractivity contribution in [3.05, 3.63) is 52.8 Å². The predicted octanol–water partition coefficient (Wildman–Crippen LogP) is 2.12. The van der Waals surface area contributed by atoms with Crippen LogP contribution in [0.1, 0.15) is 39.6 Å². The van der Waals surface area contributed by atoms with Gasteiger partial charge in [-0.05, 0) is 17.9 Å². The number of ketones is 1. The van der Waals surface area contributed by atoms with Crippen LogP contribution in [-0.4, -0.2) is 22.9 Å². The highest BCUT2D eigenvalue weighted by Crippen LogP contribution is 2.33. The molecular weight excluding hydrogens is 266 g/mol. The normalized spacial score (nSPS) is 17.6. The molecule has 2 N–H and O–H groups in total. The molecule has 1 atom stereocenters. The Bertz CT molecular complexity index is 671. The Hall–Kier alpha value is -2.27. The molecule has 5 nitrogen and oxygen atoms in total. The summed E-state index contributed by atoms with van der Waals surface area (Å²) in [6, 6.07) is 10.0. The maximum absolute atomic E-state index is 12.5. The minimum Gasteiger partial charge on any atom is -0.378 e. The Morgan fingerprint density at radius 2 is 2.00 bits per heavy atom. The number of rotatable bonds is 3. The standard InChI is InChI=1S/C16H17N3O2/c1-21-9-13-15-12(18-16(17)19-13)7-11(8-14(15)20)10-5-3-2-4-6-10/h2-6,11H,7-9H2,1H3,(H2,17,18,19). The summed E-state index contributed by atoms with van der Waals surface area (Å²) in [4.78, 5) is 20.9. The van der Waals surface area contributed by atoms with Crippen LogP contribution in [0.3, 0.4) is 0 Å². The van der Waals surface area contributed by atoms with Crippen LogP contribution < -0.4 is 5.73 Å². The number of nitrogens with zero attached hydrogens (tertiary/aromatic N) is 2. The van der Waals surface area contributed by atoms with Crippen LogP contribution in [0.4, 0.5) is 5.95 Å². The van der Waals surface area contributed by atoms with E-state index in [1.165, 1.54) is 0 Å². The van der Waals surface area contributed by atoms with E-state index in [9.17, 15) is 4.79 Å². The maximum Gasteiger partial charge on any atom is 0.220 e. The molecule has 0 radical (unpaired) electrons. The van der Waals surface area contributed by atoms with Crippen molar-refractivity contribution in [2.24, 2.45) is 0 Å². The Kier molecular flexibility index (Phi) is 3.66. The van der Waals surface area contributed by atoms with E-state index in [0.717, 1.165) is 11.3 Å². The number of fused-ring (bicyclic) bond motifs is 1. The average Bonchev–Trinajstić information content (AvgIpc) is 2.47. The van der Waals surface area contributed by atoms with Crippen LogP contribution in [0.5, 0.6) is 0 Å².